The molecule has 1 rings (SSSR count). The Morgan fingerprint density at radius 3 is 2.60 bits per heavy atom. The predicted octanol–water partition coefficient (Wildman–Crippen LogP) is 2.35. The molecule has 1 aromatic carbocycles. The highest BCUT2D eigenvalue weighted by Crippen LogP contribution is 2.29. The van der Waals surface area contributed by atoms with Crippen LogP contribution < -0.4 is 20.5 Å². The summed E-state index contributed by atoms with van der Waals surface area (Å²) in [7, 11) is 1.53. The van der Waals surface area contributed by atoms with Crippen molar-refractivity contribution in [3.8, 4) is 11.5 Å². The molecule has 0 saturated heterocycles. The second kappa shape index (κ2) is 6.50. The Morgan fingerprint density at radius 1 is 1.40 bits per heavy atom. The lowest BCUT2D eigenvalue weighted by Gasteiger charge is -2.26. The van der Waals surface area contributed by atoms with E-state index in [1.807, 2.05) is 20.8 Å². The number of anilines is 1. The molecule has 0 aliphatic carbocycles. The van der Waals surface area contributed by atoms with Crippen molar-refractivity contribution in [2.75, 3.05) is 12.8 Å². The van der Waals surface area contributed by atoms with Crippen molar-refractivity contribution in [2.24, 2.45) is 0 Å². The van der Waals surface area contributed by atoms with Gasteiger partial charge in [0.1, 0.15) is 0 Å². The van der Waals surface area contributed by atoms with E-state index >= 15 is 0 Å². The van der Waals surface area contributed by atoms with Crippen LogP contribution in [0, 0.1) is 0 Å². The number of methoxy groups -OCH3 is 1. The van der Waals surface area contributed by atoms with Crippen LogP contribution >= 0.6 is 0 Å². The van der Waals surface area contributed by atoms with E-state index < -0.39 is 6.10 Å². The summed E-state index contributed by atoms with van der Waals surface area (Å²) in [6, 6.07) is 5.07. The van der Waals surface area contributed by atoms with Gasteiger partial charge in [-0.05, 0) is 39.3 Å². The molecule has 5 heteroatoms. The zero-order valence-corrected chi connectivity index (χ0v) is 12.8. The molecule has 1 unspecified atom stereocenters. The Bertz CT molecular complexity index is 472. The van der Waals surface area contributed by atoms with Crippen LogP contribution in [-0.4, -0.2) is 24.7 Å². The minimum atomic E-state index is -0.613. The summed E-state index contributed by atoms with van der Waals surface area (Å²) in [5, 5.41) is 2.95. The summed E-state index contributed by atoms with van der Waals surface area (Å²) < 4.78 is 10.8. The van der Waals surface area contributed by atoms with Crippen LogP contribution in [0.2, 0.25) is 0 Å². The number of hydrogen-bond acceptors (Lipinski definition) is 4. The molecule has 1 amide bonds. The van der Waals surface area contributed by atoms with Crippen LogP contribution in [0.15, 0.2) is 18.2 Å². The fraction of sp³-hybridized carbons (Fsp3) is 0.533. The third kappa shape index (κ3) is 4.33. The molecule has 112 valence electrons. The lowest BCUT2D eigenvalue weighted by atomic mass is 10.0. The zero-order chi connectivity index (χ0) is 15.3. The van der Waals surface area contributed by atoms with Crippen LogP contribution in [-0.2, 0) is 4.79 Å². The fourth-order valence-corrected chi connectivity index (χ4v) is 1.55. The van der Waals surface area contributed by atoms with E-state index in [2.05, 4.69) is 5.32 Å². The second-order valence-corrected chi connectivity index (χ2v) is 5.40. The maximum absolute atomic E-state index is 12.1. The van der Waals surface area contributed by atoms with Crippen molar-refractivity contribution in [3.05, 3.63) is 18.2 Å². The summed E-state index contributed by atoms with van der Waals surface area (Å²) in [5.74, 6) is 0.855. The summed E-state index contributed by atoms with van der Waals surface area (Å²) in [6.07, 6.45) is 0.231. The number of carbonyl (C=O) groups is 1. The molecule has 0 saturated carbocycles. The van der Waals surface area contributed by atoms with Gasteiger partial charge in [-0.15, -0.1) is 0 Å². The number of hydrogen-bond donors (Lipinski definition) is 2. The van der Waals surface area contributed by atoms with E-state index in [-0.39, 0.29) is 11.4 Å². The first-order valence-corrected chi connectivity index (χ1v) is 6.71. The summed E-state index contributed by atoms with van der Waals surface area (Å²) in [5.41, 5.74) is 6.01. The minimum absolute atomic E-state index is 0.157. The fourth-order valence-electron chi connectivity index (χ4n) is 1.55. The van der Waals surface area contributed by atoms with Gasteiger partial charge in [-0.25, -0.2) is 0 Å². The van der Waals surface area contributed by atoms with E-state index in [4.69, 9.17) is 15.2 Å². The molecule has 0 bridgehead atoms. The SMILES string of the molecule is CCC(C)(C)NC(=O)C(C)Oc1ccc(N)cc1OC. The summed E-state index contributed by atoms with van der Waals surface area (Å²) in [6.45, 7) is 7.68. The largest absolute Gasteiger partial charge is 0.493 e. The molecule has 0 heterocycles. The Morgan fingerprint density at radius 2 is 2.05 bits per heavy atom. The van der Waals surface area contributed by atoms with Gasteiger partial charge in [0.2, 0.25) is 0 Å². The van der Waals surface area contributed by atoms with Crippen molar-refractivity contribution in [1.82, 2.24) is 5.32 Å². The molecule has 0 spiro atoms. The van der Waals surface area contributed by atoms with Gasteiger partial charge in [0.05, 0.1) is 7.11 Å². The smallest absolute Gasteiger partial charge is 0.261 e. The van der Waals surface area contributed by atoms with E-state index in [9.17, 15) is 4.79 Å². The van der Waals surface area contributed by atoms with Crippen LogP contribution in [0.25, 0.3) is 0 Å². The number of nitrogen functional groups attached to an aromatic ring is 1. The Balaban J connectivity index is 2.75. The van der Waals surface area contributed by atoms with E-state index in [1.165, 1.54) is 7.11 Å². The second-order valence-electron chi connectivity index (χ2n) is 5.40. The maximum atomic E-state index is 12.1. The number of benzene rings is 1. The van der Waals surface area contributed by atoms with Gasteiger partial charge < -0.3 is 20.5 Å². The van der Waals surface area contributed by atoms with Crippen molar-refractivity contribution in [3.63, 3.8) is 0 Å². The third-order valence-corrected chi connectivity index (χ3v) is 3.21. The van der Waals surface area contributed by atoms with Crippen LogP contribution in [0.5, 0.6) is 11.5 Å². The molecule has 0 aliphatic rings. The van der Waals surface area contributed by atoms with Gasteiger partial charge in [0, 0.05) is 17.3 Å². The lowest BCUT2D eigenvalue weighted by molar-refractivity contribution is -0.129. The quantitative estimate of drug-likeness (QED) is 0.784. The summed E-state index contributed by atoms with van der Waals surface area (Å²) >= 11 is 0. The van der Waals surface area contributed by atoms with Crippen molar-refractivity contribution in [1.29, 1.82) is 0 Å². The Hall–Kier alpha value is -1.91. The number of nitrogens with one attached hydrogen (secondary N) is 1. The van der Waals surface area contributed by atoms with E-state index in [1.54, 1.807) is 25.1 Å². The number of nitrogens with two attached hydrogens (primary N) is 1. The minimum Gasteiger partial charge on any atom is -0.493 e. The first kappa shape index (κ1) is 16.1. The van der Waals surface area contributed by atoms with Gasteiger partial charge in [-0.3, -0.25) is 4.79 Å². The van der Waals surface area contributed by atoms with Gasteiger partial charge in [0.15, 0.2) is 17.6 Å². The highest BCUT2D eigenvalue weighted by Gasteiger charge is 2.23. The predicted molar refractivity (Wildman–Crippen MR) is 80.0 cm³/mol. The molecule has 3 N–H and O–H groups in total. The highest BCUT2D eigenvalue weighted by molar-refractivity contribution is 5.81. The van der Waals surface area contributed by atoms with Gasteiger partial charge >= 0.3 is 0 Å². The zero-order valence-electron chi connectivity index (χ0n) is 12.8. The van der Waals surface area contributed by atoms with Crippen molar-refractivity contribution in [2.45, 2.75) is 45.8 Å². The Kier molecular flexibility index (Phi) is 5.25. The average Bonchev–Trinajstić information content (AvgIpc) is 2.40. The molecule has 1 aromatic rings. The van der Waals surface area contributed by atoms with E-state index in [0.717, 1.165) is 6.42 Å². The summed E-state index contributed by atoms with van der Waals surface area (Å²) in [4.78, 5) is 12.1. The molecular weight excluding hydrogens is 256 g/mol. The first-order valence-electron chi connectivity index (χ1n) is 6.71. The first-order chi connectivity index (χ1) is 9.29. The number of rotatable bonds is 6. The maximum Gasteiger partial charge on any atom is 0.261 e. The van der Waals surface area contributed by atoms with Crippen LogP contribution in [0.3, 0.4) is 0 Å². The Labute approximate surface area is 120 Å². The average molecular weight is 280 g/mol. The van der Waals surface area contributed by atoms with Gasteiger partial charge in [0.25, 0.3) is 5.91 Å². The number of carbonyl (C=O) groups excluding carboxylic acids is 1. The monoisotopic (exact) mass is 280 g/mol. The number of ether oxygens (including phenoxy) is 2. The molecule has 5 nitrogen and oxygen atoms in total. The van der Waals surface area contributed by atoms with Gasteiger partial charge in [-0.2, -0.15) is 0 Å². The lowest BCUT2D eigenvalue weighted by Crippen LogP contribution is -2.48. The topological polar surface area (TPSA) is 73.6 Å². The molecule has 0 fully saturated rings. The molecule has 0 aliphatic heterocycles. The normalized spacial score (nSPS) is 12.7. The van der Waals surface area contributed by atoms with Crippen LogP contribution in [0.4, 0.5) is 5.69 Å². The van der Waals surface area contributed by atoms with Crippen molar-refractivity contribution >= 4 is 11.6 Å². The standard InChI is InChI=1S/C15H24N2O3/c1-6-15(3,4)17-14(18)10(2)20-12-8-7-11(16)9-13(12)19-5/h7-10H,6,16H2,1-5H3,(H,17,18). The molecule has 0 aromatic heterocycles. The molecule has 1 atom stereocenters. The van der Waals surface area contributed by atoms with Crippen LogP contribution in [0.1, 0.15) is 34.1 Å². The highest BCUT2D eigenvalue weighted by atomic mass is 16.5. The molecule has 0 radical (unpaired) electrons. The third-order valence-electron chi connectivity index (χ3n) is 3.21. The van der Waals surface area contributed by atoms with Gasteiger partial charge in [-0.1, -0.05) is 6.92 Å². The molecule has 20 heavy (non-hydrogen) atoms. The number of amides is 1. The molecular formula is C15H24N2O3. The van der Waals surface area contributed by atoms with E-state index in [0.29, 0.717) is 17.2 Å². The van der Waals surface area contributed by atoms with Crippen molar-refractivity contribution < 1.29 is 14.3 Å².